The SMILES string of the molecule is CCOC(=O)CC(Cc1cc(=O)n(CCc2ccc3c(n2)NCCOC3)o1)c1ccc2c(c1)OCO2.CCOC(=O)CC(Cc1cc(OCCc2ccc3c(n2)NCCOC3)no1)c1ccc2c(c1)OCO2.O=C(O)CC(Cc1cc(OCCc2ccc3c(n2)NCCOC3)no1)c1ccc2c(c1)OCO2. The van der Waals surface area contributed by atoms with Gasteiger partial charge in [0.2, 0.25) is 20.4 Å². The Morgan fingerprint density at radius 1 is 0.481 bits per heavy atom. The molecule has 3 unspecified atom stereocenters. The molecule has 9 aromatic rings. The number of benzene rings is 3. The lowest BCUT2D eigenvalue weighted by atomic mass is 9.91. The van der Waals surface area contributed by atoms with Gasteiger partial charge < -0.3 is 96.2 Å². The summed E-state index contributed by atoms with van der Waals surface area (Å²) >= 11 is 0. The van der Waals surface area contributed by atoms with E-state index >= 15 is 0 Å². The molecule has 0 amide bonds. The van der Waals surface area contributed by atoms with E-state index in [1.54, 1.807) is 32.0 Å². The van der Waals surface area contributed by atoms with Crippen LogP contribution >= 0.6 is 0 Å². The number of aryl methyl sites for hydroxylation is 2. The van der Waals surface area contributed by atoms with Gasteiger partial charge in [0.15, 0.2) is 34.5 Å². The largest absolute Gasteiger partial charge is 0.481 e. The maximum Gasteiger partial charge on any atom is 0.306 e. The molecule has 3 atom stereocenters. The zero-order valence-electron chi connectivity index (χ0n) is 58.8. The van der Waals surface area contributed by atoms with Crippen LogP contribution in [0.4, 0.5) is 17.5 Å². The van der Waals surface area contributed by atoms with Crippen molar-refractivity contribution in [1.82, 2.24) is 30.0 Å². The Morgan fingerprint density at radius 2 is 0.877 bits per heavy atom. The predicted octanol–water partition coefficient (Wildman–Crippen LogP) is 9.83. The average Bonchev–Trinajstić information content (AvgIpc) is 1.65. The van der Waals surface area contributed by atoms with Crippen molar-refractivity contribution in [2.45, 2.75) is 116 Å². The molecule has 106 heavy (non-hydrogen) atoms. The first-order valence-corrected chi connectivity index (χ1v) is 35.4. The number of aliphatic carboxylic acids is 1. The minimum absolute atomic E-state index is 0.0559. The van der Waals surface area contributed by atoms with Crippen LogP contribution in [0.15, 0.2) is 128 Å². The number of rotatable bonds is 28. The Kier molecular flexibility index (Phi) is 24.7. The van der Waals surface area contributed by atoms with Gasteiger partial charge in [-0.3, -0.25) is 19.2 Å². The number of fused-ring (bicyclic) bond motifs is 6. The molecule has 0 fully saturated rings. The Morgan fingerprint density at radius 3 is 1.29 bits per heavy atom. The topological polar surface area (TPSA) is 353 Å². The molecule has 0 spiro atoms. The lowest BCUT2D eigenvalue weighted by Gasteiger charge is -2.16. The van der Waals surface area contributed by atoms with E-state index in [2.05, 4.69) is 41.2 Å². The Hall–Kier alpha value is -11.4. The van der Waals surface area contributed by atoms with Gasteiger partial charge in [-0.1, -0.05) is 36.4 Å². The number of nitrogens with one attached hydrogen (secondary N) is 3. The first-order valence-electron chi connectivity index (χ1n) is 35.4. The molecule has 4 N–H and O–H groups in total. The van der Waals surface area contributed by atoms with Crippen molar-refractivity contribution in [2.75, 3.05) is 102 Å². The highest BCUT2D eigenvalue weighted by atomic mass is 16.7. The Balaban J connectivity index is 0.000000141. The molecule has 15 rings (SSSR count). The Bertz CT molecular complexity index is 4540. The van der Waals surface area contributed by atoms with Crippen molar-refractivity contribution in [1.29, 1.82) is 0 Å². The molecular weight excluding hydrogens is 1370 g/mol. The van der Waals surface area contributed by atoms with E-state index in [-0.39, 0.29) is 74.9 Å². The molecule has 558 valence electrons. The van der Waals surface area contributed by atoms with E-state index < -0.39 is 5.97 Å². The lowest BCUT2D eigenvalue weighted by Crippen LogP contribution is -2.15. The molecule has 30 heteroatoms. The molecule has 12 heterocycles. The molecule has 30 nitrogen and oxygen atoms in total. The van der Waals surface area contributed by atoms with Crippen LogP contribution in [0.5, 0.6) is 46.3 Å². The van der Waals surface area contributed by atoms with Crippen molar-refractivity contribution in [3.05, 3.63) is 187 Å². The highest BCUT2D eigenvalue weighted by molar-refractivity contribution is 5.71. The third kappa shape index (κ3) is 19.9. The molecule has 0 bridgehead atoms. The van der Waals surface area contributed by atoms with Gasteiger partial charge in [-0.15, -0.1) is 0 Å². The monoisotopic (exact) mass is 1460 g/mol. The van der Waals surface area contributed by atoms with E-state index in [9.17, 15) is 24.3 Å². The van der Waals surface area contributed by atoms with Crippen molar-refractivity contribution in [3.63, 3.8) is 0 Å². The van der Waals surface area contributed by atoms with E-state index in [4.69, 9.17) is 75.1 Å². The lowest BCUT2D eigenvalue weighted by molar-refractivity contribution is -0.144. The zero-order valence-corrected chi connectivity index (χ0v) is 58.8. The normalized spacial score (nSPS) is 15.0. The average molecular weight is 1460 g/mol. The summed E-state index contributed by atoms with van der Waals surface area (Å²) in [5.74, 6) is 6.66. The summed E-state index contributed by atoms with van der Waals surface area (Å²) in [6.45, 7) is 11.7. The van der Waals surface area contributed by atoms with Crippen LogP contribution in [0.25, 0.3) is 0 Å². The molecule has 0 saturated heterocycles. The highest BCUT2D eigenvalue weighted by Gasteiger charge is 2.28. The van der Waals surface area contributed by atoms with Crippen LogP contribution < -0.4 is 59.4 Å². The number of carboxylic acid groups (broad SMARTS) is 1. The van der Waals surface area contributed by atoms with Crippen LogP contribution in [-0.2, 0) is 103 Å². The van der Waals surface area contributed by atoms with Crippen molar-refractivity contribution < 1.29 is 94.6 Å². The summed E-state index contributed by atoms with van der Waals surface area (Å²) in [6, 6.07) is 33.6. The van der Waals surface area contributed by atoms with Crippen LogP contribution in [0.3, 0.4) is 0 Å². The molecule has 3 aromatic carbocycles. The predicted molar refractivity (Wildman–Crippen MR) is 377 cm³/mol. The molecular formula is C76H83N9O21. The zero-order chi connectivity index (χ0) is 73.0. The number of esters is 2. The third-order valence-electron chi connectivity index (χ3n) is 17.9. The van der Waals surface area contributed by atoms with Gasteiger partial charge in [0.1, 0.15) is 34.7 Å². The number of carboxylic acids is 1. The van der Waals surface area contributed by atoms with Gasteiger partial charge in [0, 0.05) is 128 Å². The summed E-state index contributed by atoms with van der Waals surface area (Å²) in [4.78, 5) is 62.7. The fraction of sp³-hybridized carbons (Fsp3) is 0.408. The number of ether oxygens (including phenoxy) is 13. The summed E-state index contributed by atoms with van der Waals surface area (Å²) < 4.78 is 89.2. The number of aromatic nitrogens is 6. The number of anilines is 3. The number of carbonyl (C=O) groups excluding carboxylic acids is 2. The van der Waals surface area contributed by atoms with Crippen LogP contribution in [0.2, 0.25) is 0 Å². The van der Waals surface area contributed by atoms with Gasteiger partial charge in [0.25, 0.3) is 17.3 Å². The second-order valence-electron chi connectivity index (χ2n) is 25.4. The van der Waals surface area contributed by atoms with Gasteiger partial charge in [-0.25, -0.2) is 15.0 Å². The maximum atomic E-state index is 12.6. The van der Waals surface area contributed by atoms with Gasteiger partial charge in [0.05, 0.1) is 91.9 Å². The standard InChI is InChI=1S/2C26H29N3O7.C24H25N3O7/c1-2-32-25(30)13-19(17-4-6-22-23(12-17)35-16-34-22)11-21-14-24(29-36-21)33-9-7-20-5-3-18-15-31-10-8-27-26(18)28-20;1-2-33-25(31)13-19(17-4-6-22-23(12-17)35-16-34-22)11-21-14-24(30)29(36-21)9-7-20-5-3-18-15-32-10-8-27-26(18)28-20;28-23(29)11-17(15-2-4-20-21(10-15)33-14-32-20)9-19-12-22(27-34-19)31-7-5-18-3-1-16-13-30-8-6-25-24(16)26-18/h2*3-6,12,14,19H,2,7-11,13,15-16H2,1H3,(H,27,28);1-4,10,12,17H,5-9,11,13-14H2,(H,25,26)(H,28,29). The summed E-state index contributed by atoms with van der Waals surface area (Å²) in [6.07, 6.45) is 3.25. The van der Waals surface area contributed by atoms with Crippen molar-refractivity contribution in [2.24, 2.45) is 0 Å². The van der Waals surface area contributed by atoms with Gasteiger partial charge in [-0.05, 0) is 95.4 Å². The number of carbonyl (C=O) groups is 3. The van der Waals surface area contributed by atoms with E-state index in [0.29, 0.717) is 181 Å². The maximum absolute atomic E-state index is 12.6. The first-order chi connectivity index (χ1) is 51.9. The van der Waals surface area contributed by atoms with Gasteiger partial charge in [-0.2, -0.15) is 4.74 Å². The van der Waals surface area contributed by atoms with E-state index in [0.717, 1.165) is 81.0 Å². The fourth-order valence-electron chi connectivity index (χ4n) is 12.6. The minimum atomic E-state index is -0.895. The number of hydrogen-bond donors (Lipinski definition) is 4. The summed E-state index contributed by atoms with van der Waals surface area (Å²) in [7, 11) is 0. The first kappa shape index (κ1) is 73.0. The second kappa shape index (κ2) is 35.9. The quantitative estimate of drug-likeness (QED) is 0.0331. The van der Waals surface area contributed by atoms with Crippen LogP contribution in [0.1, 0.15) is 119 Å². The smallest absolute Gasteiger partial charge is 0.306 e. The van der Waals surface area contributed by atoms with Gasteiger partial charge >= 0.3 is 17.9 Å². The third-order valence-corrected chi connectivity index (χ3v) is 17.9. The number of pyridine rings is 3. The van der Waals surface area contributed by atoms with Crippen molar-refractivity contribution in [3.8, 4) is 46.3 Å². The molecule has 6 aliphatic rings. The highest BCUT2D eigenvalue weighted by Crippen LogP contribution is 2.40. The fourth-order valence-corrected chi connectivity index (χ4v) is 12.6. The van der Waals surface area contributed by atoms with E-state index in [1.807, 2.05) is 84.9 Å². The van der Waals surface area contributed by atoms with Crippen LogP contribution in [-0.4, -0.2) is 139 Å². The molecule has 0 saturated carbocycles. The number of hydrogen-bond acceptors (Lipinski definition) is 28. The minimum Gasteiger partial charge on any atom is -0.481 e. The van der Waals surface area contributed by atoms with Crippen molar-refractivity contribution >= 4 is 35.4 Å². The number of nitrogens with zero attached hydrogens (tertiary/aromatic N) is 6. The summed E-state index contributed by atoms with van der Waals surface area (Å²) in [5, 5.41) is 27.2. The molecule has 0 aliphatic carbocycles. The molecule has 6 aromatic heterocycles. The second-order valence-corrected chi connectivity index (χ2v) is 25.4. The molecule has 6 aliphatic heterocycles. The van der Waals surface area contributed by atoms with E-state index in [1.165, 1.54) is 10.8 Å². The Labute approximate surface area is 609 Å². The van der Waals surface area contributed by atoms with Crippen LogP contribution in [0, 0.1) is 0 Å². The summed E-state index contributed by atoms with van der Waals surface area (Å²) in [5.41, 5.74) is 8.21. The molecule has 0 radical (unpaired) electrons.